The highest BCUT2D eigenvalue weighted by molar-refractivity contribution is 6.31. The van der Waals surface area contributed by atoms with E-state index in [-0.39, 0.29) is 18.6 Å². The van der Waals surface area contributed by atoms with Crippen molar-refractivity contribution in [3.8, 4) is 0 Å². The highest BCUT2D eigenvalue weighted by Gasteiger charge is 2.27. The van der Waals surface area contributed by atoms with Crippen LogP contribution in [0.25, 0.3) is 10.9 Å². The topological polar surface area (TPSA) is 45.5 Å². The van der Waals surface area contributed by atoms with Gasteiger partial charge in [-0.15, -0.1) is 0 Å². The van der Waals surface area contributed by atoms with Crippen LogP contribution >= 0.6 is 11.6 Å². The number of likely N-dealkylation sites (tertiary alicyclic amines) is 1. The van der Waals surface area contributed by atoms with Gasteiger partial charge >= 0.3 is 0 Å². The molecule has 0 spiro atoms. The van der Waals surface area contributed by atoms with Crippen molar-refractivity contribution in [3.63, 3.8) is 0 Å². The van der Waals surface area contributed by atoms with Crippen LogP contribution in [0.3, 0.4) is 0 Å². The molecular formula is C16H19ClN2O2. The Morgan fingerprint density at radius 3 is 3.05 bits per heavy atom. The van der Waals surface area contributed by atoms with Gasteiger partial charge in [0.25, 0.3) is 0 Å². The smallest absolute Gasteiger partial charge is 0.224 e. The van der Waals surface area contributed by atoms with Gasteiger partial charge in [-0.05, 0) is 37.1 Å². The van der Waals surface area contributed by atoms with Crippen molar-refractivity contribution < 1.29 is 9.90 Å². The number of carbonyl (C=O) groups is 1. The number of rotatable bonds is 4. The number of aromatic nitrogens is 1. The van der Waals surface area contributed by atoms with Crippen LogP contribution in [0.5, 0.6) is 0 Å². The van der Waals surface area contributed by atoms with Crippen LogP contribution in [-0.4, -0.2) is 39.7 Å². The summed E-state index contributed by atoms with van der Waals surface area (Å²) < 4.78 is 2.08. The molecule has 1 aromatic carbocycles. The van der Waals surface area contributed by atoms with Crippen molar-refractivity contribution in [3.05, 3.63) is 35.5 Å². The number of benzene rings is 1. The third-order valence-electron chi connectivity index (χ3n) is 4.21. The molecule has 0 saturated carbocycles. The summed E-state index contributed by atoms with van der Waals surface area (Å²) in [6.45, 7) is 1.49. The highest BCUT2D eigenvalue weighted by atomic mass is 35.5. The normalized spacial score (nSPS) is 18.6. The van der Waals surface area contributed by atoms with Crippen LogP contribution in [-0.2, 0) is 11.3 Å². The summed E-state index contributed by atoms with van der Waals surface area (Å²) in [7, 11) is 0. The zero-order valence-electron chi connectivity index (χ0n) is 11.8. The number of hydrogen-bond donors (Lipinski definition) is 1. The minimum atomic E-state index is 0.0118. The summed E-state index contributed by atoms with van der Waals surface area (Å²) >= 11 is 5.98. The van der Waals surface area contributed by atoms with E-state index in [9.17, 15) is 9.90 Å². The largest absolute Gasteiger partial charge is 0.394 e. The quantitative estimate of drug-likeness (QED) is 0.944. The Morgan fingerprint density at radius 2 is 2.24 bits per heavy atom. The molecule has 1 aromatic heterocycles. The van der Waals surface area contributed by atoms with Crippen LogP contribution in [0, 0.1) is 0 Å². The number of aliphatic hydroxyl groups is 1. The van der Waals surface area contributed by atoms with E-state index in [1.807, 2.05) is 35.4 Å². The Kier molecular flexibility index (Phi) is 4.17. The van der Waals surface area contributed by atoms with Crippen molar-refractivity contribution in [2.75, 3.05) is 13.2 Å². The molecule has 1 fully saturated rings. The van der Waals surface area contributed by atoms with Crippen LogP contribution < -0.4 is 0 Å². The van der Waals surface area contributed by atoms with Crippen LogP contribution in [0.2, 0.25) is 5.02 Å². The van der Waals surface area contributed by atoms with Crippen molar-refractivity contribution >= 4 is 28.4 Å². The lowest BCUT2D eigenvalue weighted by atomic mass is 10.2. The van der Waals surface area contributed by atoms with E-state index < -0.39 is 0 Å². The molecule has 0 aliphatic carbocycles. The summed E-state index contributed by atoms with van der Waals surface area (Å²) in [6, 6.07) is 7.80. The molecule has 2 aromatic rings. The maximum Gasteiger partial charge on any atom is 0.224 e. The molecule has 0 unspecified atom stereocenters. The van der Waals surface area contributed by atoms with Gasteiger partial charge in [0.2, 0.25) is 5.91 Å². The number of aliphatic hydroxyl groups excluding tert-OH is 1. The SMILES string of the molecule is O=C(CCn1ccc2cc(Cl)ccc21)N1CCC[C@@H]1CO. The molecule has 1 aliphatic rings. The van der Waals surface area contributed by atoms with E-state index in [2.05, 4.69) is 4.57 Å². The van der Waals surface area contributed by atoms with Crippen molar-refractivity contribution in [2.45, 2.75) is 31.8 Å². The Labute approximate surface area is 128 Å². The van der Waals surface area contributed by atoms with Gasteiger partial charge < -0.3 is 14.6 Å². The number of hydrogen-bond acceptors (Lipinski definition) is 2. The maximum atomic E-state index is 12.3. The highest BCUT2D eigenvalue weighted by Crippen LogP contribution is 2.22. The van der Waals surface area contributed by atoms with Crippen molar-refractivity contribution in [2.24, 2.45) is 0 Å². The second-order valence-electron chi connectivity index (χ2n) is 5.53. The monoisotopic (exact) mass is 306 g/mol. The molecule has 21 heavy (non-hydrogen) atoms. The van der Waals surface area contributed by atoms with Gasteiger partial charge in [-0.3, -0.25) is 4.79 Å². The standard InChI is InChI=1S/C16H19ClN2O2/c17-13-3-4-15-12(10-13)5-8-18(15)9-6-16(21)19-7-1-2-14(19)11-20/h3-5,8,10,14,20H,1-2,6-7,9,11H2/t14-/m1/s1. The first kappa shape index (κ1) is 14.4. The second kappa shape index (κ2) is 6.08. The molecule has 1 aliphatic heterocycles. The molecule has 4 nitrogen and oxygen atoms in total. The molecular weight excluding hydrogens is 288 g/mol. The van der Waals surface area contributed by atoms with E-state index >= 15 is 0 Å². The molecule has 0 bridgehead atoms. The predicted octanol–water partition coefficient (Wildman–Crippen LogP) is 2.67. The van der Waals surface area contributed by atoms with Gasteiger partial charge in [-0.25, -0.2) is 0 Å². The first-order valence-corrected chi connectivity index (χ1v) is 7.71. The van der Waals surface area contributed by atoms with Crippen molar-refractivity contribution in [1.29, 1.82) is 0 Å². The van der Waals surface area contributed by atoms with E-state index in [1.165, 1.54) is 0 Å². The number of aryl methyl sites for hydroxylation is 1. The van der Waals surface area contributed by atoms with Crippen LogP contribution in [0.4, 0.5) is 0 Å². The molecule has 3 rings (SSSR count). The average Bonchev–Trinajstić information content (AvgIpc) is 3.10. The fourth-order valence-corrected chi connectivity index (χ4v) is 3.26. The van der Waals surface area contributed by atoms with Gasteiger partial charge in [0.05, 0.1) is 12.6 Å². The predicted molar refractivity (Wildman–Crippen MR) is 83.4 cm³/mol. The van der Waals surface area contributed by atoms with Crippen molar-refractivity contribution in [1.82, 2.24) is 9.47 Å². The van der Waals surface area contributed by atoms with Gasteiger partial charge in [0.1, 0.15) is 0 Å². The Balaban J connectivity index is 1.67. The summed E-state index contributed by atoms with van der Waals surface area (Å²) in [4.78, 5) is 14.1. The van der Waals surface area contributed by atoms with E-state index in [4.69, 9.17) is 11.6 Å². The lowest BCUT2D eigenvalue weighted by Crippen LogP contribution is -2.37. The molecule has 112 valence electrons. The van der Waals surface area contributed by atoms with Gasteiger partial charge in [0, 0.05) is 41.6 Å². The lowest BCUT2D eigenvalue weighted by molar-refractivity contribution is -0.132. The molecule has 1 atom stereocenters. The van der Waals surface area contributed by atoms with E-state index in [0.29, 0.717) is 13.0 Å². The number of carbonyl (C=O) groups excluding carboxylic acids is 1. The average molecular weight is 307 g/mol. The molecule has 5 heteroatoms. The minimum absolute atomic E-state index is 0.0118. The molecule has 2 heterocycles. The minimum Gasteiger partial charge on any atom is -0.394 e. The number of fused-ring (bicyclic) bond motifs is 1. The van der Waals surface area contributed by atoms with E-state index in [1.54, 1.807) is 0 Å². The molecule has 1 N–H and O–H groups in total. The third-order valence-corrected chi connectivity index (χ3v) is 4.44. The zero-order valence-corrected chi connectivity index (χ0v) is 12.6. The number of nitrogens with zero attached hydrogens (tertiary/aromatic N) is 2. The Bertz CT molecular complexity index is 653. The second-order valence-corrected chi connectivity index (χ2v) is 5.96. The Morgan fingerprint density at radius 1 is 1.38 bits per heavy atom. The van der Waals surface area contributed by atoms with Crippen LogP contribution in [0.1, 0.15) is 19.3 Å². The van der Waals surface area contributed by atoms with Crippen LogP contribution in [0.15, 0.2) is 30.5 Å². The van der Waals surface area contributed by atoms with E-state index in [0.717, 1.165) is 35.3 Å². The third kappa shape index (κ3) is 2.92. The van der Waals surface area contributed by atoms with Gasteiger partial charge in [-0.1, -0.05) is 11.6 Å². The summed E-state index contributed by atoms with van der Waals surface area (Å²) in [6.07, 6.45) is 4.35. The first-order valence-electron chi connectivity index (χ1n) is 7.34. The fraction of sp³-hybridized carbons (Fsp3) is 0.438. The molecule has 1 amide bonds. The first-order chi connectivity index (χ1) is 10.2. The summed E-state index contributed by atoms with van der Waals surface area (Å²) in [5.41, 5.74) is 1.09. The lowest BCUT2D eigenvalue weighted by Gasteiger charge is -2.23. The Hall–Kier alpha value is -1.52. The number of amides is 1. The van der Waals surface area contributed by atoms with Gasteiger partial charge in [-0.2, -0.15) is 0 Å². The maximum absolute atomic E-state index is 12.3. The molecule has 1 saturated heterocycles. The summed E-state index contributed by atoms with van der Waals surface area (Å²) in [5, 5.41) is 11.1. The fourth-order valence-electron chi connectivity index (χ4n) is 3.08. The molecule has 0 radical (unpaired) electrons. The summed E-state index contributed by atoms with van der Waals surface area (Å²) in [5.74, 6) is 0.127. The number of halogens is 1. The zero-order chi connectivity index (χ0) is 14.8. The van der Waals surface area contributed by atoms with Gasteiger partial charge in [0.15, 0.2) is 0 Å².